The van der Waals surface area contributed by atoms with Gasteiger partial charge in [-0.15, -0.1) is 0 Å². The SMILES string of the molecule is COc1cc(C)c(S(=O)(=O)NC[C@H](c2ccc(N(C)C)cc2)[NH+]2CCCC2)cc1C. The summed E-state index contributed by atoms with van der Waals surface area (Å²) in [6, 6.07) is 12.0. The van der Waals surface area contributed by atoms with Crippen LogP contribution in [0, 0.1) is 13.8 Å². The summed E-state index contributed by atoms with van der Waals surface area (Å²) in [5.74, 6) is 0.701. The first kappa shape index (κ1) is 22.6. The highest BCUT2D eigenvalue weighted by Gasteiger charge is 2.29. The van der Waals surface area contributed by atoms with Crippen LogP contribution in [-0.2, 0) is 10.0 Å². The van der Waals surface area contributed by atoms with Gasteiger partial charge in [0.25, 0.3) is 0 Å². The van der Waals surface area contributed by atoms with E-state index >= 15 is 0 Å². The van der Waals surface area contributed by atoms with E-state index in [1.807, 2.05) is 21.0 Å². The fraction of sp³-hybridized carbons (Fsp3) is 0.478. The Hall–Kier alpha value is -2.09. The summed E-state index contributed by atoms with van der Waals surface area (Å²) < 4.78 is 34.5. The molecule has 0 unspecified atom stereocenters. The lowest BCUT2D eigenvalue weighted by molar-refractivity contribution is -0.918. The molecule has 3 rings (SSSR count). The van der Waals surface area contributed by atoms with E-state index in [4.69, 9.17) is 4.74 Å². The minimum atomic E-state index is -3.62. The zero-order chi connectivity index (χ0) is 21.9. The molecule has 0 amide bonds. The number of quaternary nitrogens is 1. The van der Waals surface area contributed by atoms with Gasteiger partial charge in [0.15, 0.2) is 0 Å². The number of aryl methyl sites for hydroxylation is 2. The molecule has 164 valence electrons. The van der Waals surface area contributed by atoms with Gasteiger partial charge in [-0.3, -0.25) is 0 Å². The van der Waals surface area contributed by atoms with Crippen molar-refractivity contribution in [2.45, 2.75) is 37.6 Å². The molecule has 6 nitrogen and oxygen atoms in total. The molecule has 1 saturated heterocycles. The van der Waals surface area contributed by atoms with Crippen molar-refractivity contribution in [1.82, 2.24) is 4.72 Å². The van der Waals surface area contributed by atoms with Crippen LogP contribution >= 0.6 is 0 Å². The van der Waals surface area contributed by atoms with Gasteiger partial charge in [-0.25, -0.2) is 13.1 Å². The van der Waals surface area contributed by atoms with Gasteiger partial charge in [-0.1, -0.05) is 12.1 Å². The summed E-state index contributed by atoms with van der Waals surface area (Å²) in [7, 11) is 2.02. The maximum atomic E-state index is 13.1. The first-order chi connectivity index (χ1) is 14.2. The number of benzene rings is 2. The molecule has 0 saturated carbocycles. The average Bonchev–Trinajstić information content (AvgIpc) is 3.24. The Kier molecular flexibility index (Phi) is 7.06. The highest BCUT2D eigenvalue weighted by molar-refractivity contribution is 7.89. The lowest BCUT2D eigenvalue weighted by Crippen LogP contribution is -3.11. The van der Waals surface area contributed by atoms with E-state index in [0.29, 0.717) is 22.8 Å². The fourth-order valence-corrected chi connectivity index (χ4v) is 5.58. The van der Waals surface area contributed by atoms with Crippen LogP contribution in [-0.4, -0.2) is 49.3 Å². The molecule has 1 atom stereocenters. The maximum absolute atomic E-state index is 13.1. The van der Waals surface area contributed by atoms with Crippen LogP contribution in [0.15, 0.2) is 41.3 Å². The molecule has 2 aromatic carbocycles. The number of ether oxygens (including phenoxy) is 1. The number of nitrogens with one attached hydrogen (secondary N) is 2. The third-order valence-corrected chi connectivity index (χ3v) is 7.58. The number of nitrogens with zero attached hydrogens (tertiary/aromatic N) is 1. The van der Waals surface area contributed by atoms with Gasteiger partial charge in [0.05, 0.1) is 31.6 Å². The summed E-state index contributed by atoms with van der Waals surface area (Å²) in [6.07, 6.45) is 2.37. The quantitative estimate of drug-likeness (QED) is 0.671. The third kappa shape index (κ3) is 4.96. The van der Waals surface area contributed by atoms with E-state index in [-0.39, 0.29) is 6.04 Å². The normalized spacial score (nSPS) is 15.9. The predicted octanol–water partition coefficient (Wildman–Crippen LogP) is 2.08. The number of rotatable bonds is 8. The van der Waals surface area contributed by atoms with E-state index in [1.54, 1.807) is 26.2 Å². The zero-order valence-corrected chi connectivity index (χ0v) is 19.5. The summed E-state index contributed by atoms with van der Waals surface area (Å²) in [5.41, 5.74) is 3.80. The predicted molar refractivity (Wildman–Crippen MR) is 121 cm³/mol. The van der Waals surface area contributed by atoms with E-state index in [2.05, 4.69) is 33.9 Å². The maximum Gasteiger partial charge on any atom is 0.241 e. The van der Waals surface area contributed by atoms with Crippen LogP contribution in [0.4, 0.5) is 5.69 Å². The van der Waals surface area contributed by atoms with Crippen LogP contribution in [0.2, 0.25) is 0 Å². The van der Waals surface area contributed by atoms with Gasteiger partial charge < -0.3 is 14.5 Å². The monoisotopic (exact) mass is 432 g/mol. The third-order valence-electron chi connectivity index (χ3n) is 6.01. The minimum Gasteiger partial charge on any atom is -0.496 e. The summed E-state index contributed by atoms with van der Waals surface area (Å²) in [4.78, 5) is 3.83. The summed E-state index contributed by atoms with van der Waals surface area (Å²) >= 11 is 0. The van der Waals surface area contributed by atoms with Gasteiger partial charge >= 0.3 is 0 Å². The Labute approximate surface area is 180 Å². The standard InChI is InChI=1S/C23H33N3O3S/c1-17-15-23(18(2)14-22(17)29-5)30(27,28)24-16-21(26-12-6-7-13-26)19-8-10-20(11-9-19)25(3)4/h8-11,14-15,21,24H,6-7,12-13,16H2,1-5H3/p+1/t21-/m1/s1. The second-order valence-corrected chi connectivity index (χ2v) is 10.1. The molecule has 1 aliphatic heterocycles. The topological polar surface area (TPSA) is 63.1 Å². The lowest BCUT2D eigenvalue weighted by Gasteiger charge is -2.26. The van der Waals surface area contributed by atoms with Gasteiger partial charge in [0.1, 0.15) is 11.8 Å². The number of hydrogen-bond acceptors (Lipinski definition) is 4. The van der Waals surface area contributed by atoms with Gasteiger partial charge in [0, 0.05) is 38.2 Å². The number of sulfonamides is 1. The molecule has 2 aromatic rings. The van der Waals surface area contributed by atoms with E-state index in [9.17, 15) is 8.42 Å². The average molecular weight is 433 g/mol. The fourth-order valence-electron chi connectivity index (χ4n) is 4.22. The van der Waals surface area contributed by atoms with E-state index in [0.717, 1.165) is 24.3 Å². The second kappa shape index (κ2) is 9.37. The van der Waals surface area contributed by atoms with Crippen molar-refractivity contribution in [3.8, 4) is 5.75 Å². The Bertz CT molecular complexity index is 966. The molecule has 0 aromatic heterocycles. The van der Waals surface area contributed by atoms with Crippen molar-refractivity contribution in [3.05, 3.63) is 53.1 Å². The summed E-state index contributed by atoms with van der Waals surface area (Å²) in [6.45, 7) is 6.19. The number of hydrogen-bond donors (Lipinski definition) is 2. The zero-order valence-electron chi connectivity index (χ0n) is 18.7. The van der Waals surface area contributed by atoms with Crippen molar-refractivity contribution in [3.63, 3.8) is 0 Å². The Morgan fingerprint density at radius 3 is 2.27 bits per heavy atom. The van der Waals surface area contributed by atoms with Crippen molar-refractivity contribution in [1.29, 1.82) is 0 Å². The Morgan fingerprint density at radius 1 is 1.07 bits per heavy atom. The number of methoxy groups -OCH3 is 1. The molecule has 1 aliphatic rings. The van der Waals surface area contributed by atoms with Gasteiger partial charge in [0.2, 0.25) is 10.0 Å². The van der Waals surface area contributed by atoms with Crippen molar-refractivity contribution in [2.75, 3.05) is 45.7 Å². The molecule has 2 N–H and O–H groups in total. The largest absolute Gasteiger partial charge is 0.496 e. The van der Waals surface area contributed by atoms with Crippen molar-refractivity contribution < 1.29 is 18.1 Å². The summed E-state index contributed by atoms with van der Waals surface area (Å²) in [5, 5.41) is 0. The van der Waals surface area contributed by atoms with Crippen LogP contribution < -0.4 is 19.3 Å². The molecular weight excluding hydrogens is 398 g/mol. The van der Waals surface area contributed by atoms with Gasteiger partial charge in [-0.2, -0.15) is 0 Å². The molecule has 0 bridgehead atoms. The minimum absolute atomic E-state index is 0.0955. The van der Waals surface area contributed by atoms with E-state index < -0.39 is 10.0 Å². The molecule has 0 spiro atoms. The number of anilines is 1. The second-order valence-electron chi connectivity index (χ2n) is 8.34. The molecular formula is C23H34N3O3S+. The molecule has 0 radical (unpaired) electrons. The Balaban J connectivity index is 1.84. The molecule has 1 fully saturated rings. The molecule has 0 aliphatic carbocycles. The van der Waals surface area contributed by atoms with Crippen LogP contribution in [0.25, 0.3) is 0 Å². The Morgan fingerprint density at radius 2 is 1.70 bits per heavy atom. The first-order valence-electron chi connectivity index (χ1n) is 10.5. The first-order valence-corrected chi connectivity index (χ1v) is 12.0. The molecule has 7 heteroatoms. The van der Waals surface area contributed by atoms with Crippen LogP contribution in [0.1, 0.15) is 35.6 Å². The highest BCUT2D eigenvalue weighted by atomic mass is 32.2. The van der Waals surface area contributed by atoms with Crippen molar-refractivity contribution >= 4 is 15.7 Å². The number of likely N-dealkylation sites (tertiary alicyclic amines) is 1. The van der Waals surface area contributed by atoms with Crippen LogP contribution in [0.5, 0.6) is 5.75 Å². The van der Waals surface area contributed by atoms with Crippen molar-refractivity contribution in [2.24, 2.45) is 0 Å². The lowest BCUT2D eigenvalue weighted by atomic mass is 10.1. The molecule has 1 heterocycles. The smallest absolute Gasteiger partial charge is 0.241 e. The van der Waals surface area contributed by atoms with E-state index in [1.165, 1.54) is 23.3 Å². The van der Waals surface area contributed by atoms with Crippen LogP contribution in [0.3, 0.4) is 0 Å². The van der Waals surface area contributed by atoms with Gasteiger partial charge in [-0.05, 0) is 49.2 Å². The molecule has 30 heavy (non-hydrogen) atoms. The highest BCUT2D eigenvalue weighted by Crippen LogP contribution is 2.26.